The highest BCUT2D eigenvalue weighted by Gasteiger charge is 2.18. The van der Waals surface area contributed by atoms with E-state index in [0.29, 0.717) is 29.8 Å². The summed E-state index contributed by atoms with van der Waals surface area (Å²) in [6.45, 7) is 5.97. The molecule has 1 rings (SSSR count). The van der Waals surface area contributed by atoms with E-state index in [-0.39, 0.29) is 16.7 Å². The fourth-order valence-corrected chi connectivity index (χ4v) is 1.97. The molecule has 0 radical (unpaired) electrons. The molecule has 0 bridgehead atoms. The largest absolute Gasteiger partial charge is 0.307 e. The second-order valence-electron chi connectivity index (χ2n) is 4.51. The van der Waals surface area contributed by atoms with Crippen LogP contribution in [0.25, 0.3) is 0 Å². The highest BCUT2D eigenvalue weighted by Crippen LogP contribution is 2.23. The van der Waals surface area contributed by atoms with Crippen LogP contribution < -0.4 is 5.32 Å². The van der Waals surface area contributed by atoms with E-state index >= 15 is 0 Å². The first-order valence-electron chi connectivity index (χ1n) is 6.27. The summed E-state index contributed by atoms with van der Waals surface area (Å²) in [6.07, 6.45) is 8.39. The molecule has 1 aromatic rings. The van der Waals surface area contributed by atoms with Crippen LogP contribution in [0.2, 0.25) is 0 Å². The van der Waals surface area contributed by atoms with E-state index in [1.54, 1.807) is 20.0 Å². The van der Waals surface area contributed by atoms with Gasteiger partial charge in [0.1, 0.15) is 0 Å². The molecule has 1 unspecified atom stereocenters. The van der Waals surface area contributed by atoms with Crippen molar-refractivity contribution in [1.29, 1.82) is 0 Å². The lowest BCUT2D eigenvalue weighted by molar-refractivity contribution is -0.386. The molecule has 0 saturated heterocycles. The Balaban J connectivity index is 2.88. The first-order chi connectivity index (χ1) is 9.01. The Hall–Kier alpha value is -1.93. The zero-order valence-electron chi connectivity index (χ0n) is 11.6. The number of aryl methyl sites for hydroxylation is 1. The molecule has 0 saturated carbocycles. The lowest BCUT2D eigenvalue weighted by atomic mass is 10.1. The molecule has 1 N–H and O–H groups in total. The summed E-state index contributed by atoms with van der Waals surface area (Å²) in [6, 6.07) is 0.214. The van der Waals surface area contributed by atoms with Crippen LogP contribution in [0.5, 0.6) is 0 Å². The quantitative estimate of drug-likeness (QED) is 0.485. The van der Waals surface area contributed by atoms with Gasteiger partial charge in [0.2, 0.25) is 0 Å². The first kappa shape index (κ1) is 15.1. The molecule has 1 aromatic heterocycles. The molecule has 0 spiro atoms. The van der Waals surface area contributed by atoms with E-state index in [4.69, 9.17) is 6.42 Å². The number of nitro groups is 1. The first-order valence-corrected chi connectivity index (χ1v) is 6.27. The van der Waals surface area contributed by atoms with Crippen LogP contribution in [0, 0.1) is 36.3 Å². The van der Waals surface area contributed by atoms with E-state index in [1.165, 1.54) is 0 Å². The fourth-order valence-electron chi connectivity index (χ4n) is 1.97. The normalized spacial score (nSPS) is 11.9. The van der Waals surface area contributed by atoms with Crippen molar-refractivity contribution >= 4 is 5.69 Å². The van der Waals surface area contributed by atoms with Crippen molar-refractivity contribution < 1.29 is 4.92 Å². The van der Waals surface area contributed by atoms with Gasteiger partial charge < -0.3 is 5.32 Å². The van der Waals surface area contributed by atoms with E-state index < -0.39 is 0 Å². The average molecular weight is 261 g/mol. The van der Waals surface area contributed by atoms with Crippen molar-refractivity contribution in [2.45, 2.75) is 46.2 Å². The molecule has 0 amide bonds. The van der Waals surface area contributed by atoms with Gasteiger partial charge in [0, 0.05) is 36.3 Å². The maximum atomic E-state index is 11.0. The second kappa shape index (κ2) is 6.86. The van der Waals surface area contributed by atoms with Crippen molar-refractivity contribution in [2.75, 3.05) is 0 Å². The summed E-state index contributed by atoms with van der Waals surface area (Å²) in [5, 5.41) is 14.3. The van der Waals surface area contributed by atoms with Crippen LogP contribution in [-0.2, 0) is 6.54 Å². The molecule has 1 heterocycles. The van der Waals surface area contributed by atoms with Gasteiger partial charge in [-0.05, 0) is 20.3 Å². The molecular formula is C14H19N3O2. The highest BCUT2D eigenvalue weighted by atomic mass is 16.6. The molecule has 0 aliphatic rings. The zero-order chi connectivity index (χ0) is 14.4. The summed E-state index contributed by atoms with van der Waals surface area (Å²) in [5.41, 5.74) is 2.06. The molecule has 0 aliphatic heterocycles. The minimum absolute atomic E-state index is 0.150. The van der Waals surface area contributed by atoms with Crippen LogP contribution in [0.15, 0.2) is 6.20 Å². The predicted octanol–water partition coefficient (Wildman–Crippen LogP) is 2.50. The van der Waals surface area contributed by atoms with Crippen LogP contribution in [-0.4, -0.2) is 15.9 Å². The monoisotopic (exact) mass is 261 g/mol. The fraction of sp³-hybridized carbons (Fsp3) is 0.500. The smallest absolute Gasteiger partial charge is 0.278 e. The van der Waals surface area contributed by atoms with Crippen molar-refractivity contribution in [3.05, 3.63) is 33.1 Å². The second-order valence-corrected chi connectivity index (χ2v) is 4.51. The molecule has 5 heteroatoms. The number of rotatable bonds is 6. The Kier molecular flexibility index (Phi) is 5.46. The minimum atomic E-state index is -0.353. The number of nitrogens with zero attached hydrogens (tertiary/aromatic N) is 2. The number of pyridine rings is 1. The third-order valence-corrected chi connectivity index (χ3v) is 3.17. The van der Waals surface area contributed by atoms with E-state index in [1.807, 2.05) is 6.92 Å². The molecular weight excluding hydrogens is 242 g/mol. The standard InChI is InChI=1S/C14H19N3O2/c1-5-7-12(6-2)15-9-13-11(4)14(17(18)19)10(3)8-16-13/h1,8,12,15H,6-7,9H2,2-4H3. The summed E-state index contributed by atoms with van der Waals surface area (Å²) < 4.78 is 0. The highest BCUT2D eigenvalue weighted by molar-refractivity contribution is 5.47. The Morgan fingerprint density at radius 3 is 2.79 bits per heavy atom. The van der Waals surface area contributed by atoms with Crippen LogP contribution in [0.1, 0.15) is 36.6 Å². The Morgan fingerprint density at radius 1 is 1.58 bits per heavy atom. The number of nitrogens with one attached hydrogen (secondary N) is 1. The Bertz CT molecular complexity index is 506. The van der Waals surface area contributed by atoms with Gasteiger partial charge in [-0.15, -0.1) is 12.3 Å². The van der Waals surface area contributed by atoms with Gasteiger partial charge in [-0.25, -0.2) is 0 Å². The van der Waals surface area contributed by atoms with Gasteiger partial charge in [0.05, 0.1) is 10.6 Å². The van der Waals surface area contributed by atoms with Gasteiger partial charge in [-0.2, -0.15) is 0 Å². The van der Waals surface area contributed by atoms with Gasteiger partial charge in [-0.3, -0.25) is 15.1 Å². The van der Waals surface area contributed by atoms with Crippen molar-refractivity contribution in [3.8, 4) is 12.3 Å². The maximum absolute atomic E-state index is 11.0. The lowest BCUT2D eigenvalue weighted by Crippen LogP contribution is -2.28. The van der Waals surface area contributed by atoms with Gasteiger partial charge >= 0.3 is 0 Å². The Morgan fingerprint density at radius 2 is 2.26 bits per heavy atom. The summed E-state index contributed by atoms with van der Waals surface area (Å²) in [4.78, 5) is 14.9. The number of terminal acetylenes is 1. The van der Waals surface area contributed by atoms with Crippen molar-refractivity contribution in [2.24, 2.45) is 0 Å². The molecule has 0 aromatic carbocycles. The molecule has 0 fully saturated rings. The summed E-state index contributed by atoms with van der Waals surface area (Å²) in [5.74, 6) is 2.62. The SMILES string of the molecule is C#CCC(CC)NCc1ncc(C)c([N+](=O)[O-])c1C. The van der Waals surface area contributed by atoms with Crippen LogP contribution in [0.3, 0.4) is 0 Å². The maximum Gasteiger partial charge on any atom is 0.278 e. The van der Waals surface area contributed by atoms with Crippen molar-refractivity contribution in [3.63, 3.8) is 0 Å². The average Bonchev–Trinajstić information content (AvgIpc) is 2.36. The van der Waals surface area contributed by atoms with Crippen molar-refractivity contribution in [1.82, 2.24) is 10.3 Å². The Labute approximate surface area is 113 Å². The topological polar surface area (TPSA) is 68.1 Å². The number of hydrogen-bond acceptors (Lipinski definition) is 4. The van der Waals surface area contributed by atoms with E-state index in [9.17, 15) is 10.1 Å². The predicted molar refractivity (Wildman–Crippen MR) is 74.7 cm³/mol. The van der Waals surface area contributed by atoms with Crippen LogP contribution >= 0.6 is 0 Å². The van der Waals surface area contributed by atoms with Gasteiger partial charge in [0.15, 0.2) is 0 Å². The lowest BCUT2D eigenvalue weighted by Gasteiger charge is -2.15. The molecule has 5 nitrogen and oxygen atoms in total. The summed E-state index contributed by atoms with van der Waals surface area (Å²) in [7, 11) is 0. The molecule has 102 valence electrons. The van der Waals surface area contributed by atoms with Crippen LogP contribution in [0.4, 0.5) is 5.69 Å². The minimum Gasteiger partial charge on any atom is -0.307 e. The van der Waals surface area contributed by atoms with Gasteiger partial charge in [-0.1, -0.05) is 6.92 Å². The number of hydrogen-bond donors (Lipinski definition) is 1. The van der Waals surface area contributed by atoms with E-state index in [2.05, 4.69) is 16.2 Å². The molecule has 0 aliphatic carbocycles. The molecule has 19 heavy (non-hydrogen) atoms. The zero-order valence-corrected chi connectivity index (χ0v) is 11.6. The van der Waals surface area contributed by atoms with E-state index in [0.717, 1.165) is 6.42 Å². The number of aromatic nitrogens is 1. The third-order valence-electron chi connectivity index (χ3n) is 3.17. The van der Waals surface area contributed by atoms with Gasteiger partial charge in [0.25, 0.3) is 5.69 Å². The summed E-state index contributed by atoms with van der Waals surface area (Å²) >= 11 is 0. The third kappa shape index (κ3) is 3.76. The molecule has 1 atom stereocenters.